The Morgan fingerprint density at radius 2 is 2.50 bits per heavy atom. The molecule has 1 aliphatic carbocycles. The van der Waals surface area contributed by atoms with E-state index < -0.39 is 11.5 Å². The summed E-state index contributed by atoms with van der Waals surface area (Å²) in [7, 11) is 0. The molecule has 5 heteroatoms. The van der Waals surface area contributed by atoms with Gasteiger partial charge in [0, 0.05) is 25.4 Å². The van der Waals surface area contributed by atoms with Gasteiger partial charge in [-0.25, -0.2) is 4.98 Å². The highest BCUT2D eigenvalue weighted by Crippen LogP contribution is 2.36. The summed E-state index contributed by atoms with van der Waals surface area (Å²) < 4.78 is 2.10. The van der Waals surface area contributed by atoms with Crippen LogP contribution in [0.15, 0.2) is 12.4 Å². The van der Waals surface area contributed by atoms with Gasteiger partial charge in [0.25, 0.3) is 0 Å². The highest BCUT2D eigenvalue weighted by Gasteiger charge is 2.45. The van der Waals surface area contributed by atoms with E-state index in [4.69, 9.17) is 5.73 Å². The van der Waals surface area contributed by atoms with Crippen LogP contribution in [-0.2, 0) is 17.8 Å². The Morgan fingerprint density at radius 1 is 1.72 bits per heavy atom. The highest BCUT2D eigenvalue weighted by molar-refractivity contribution is 5.79. The van der Waals surface area contributed by atoms with Crippen LogP contribution in [-0.4, -0.2) is 26.2 Å². The first-order valence-electron chi connectivity index (χ1n) is 6.60. The van der Waals surface area contributed by atoms with Gasteiger partial charge in [-0.3, -0.25) is 4.79 Å². The van der Waals surface area contributed by atoms with Crippen molar-refractivity contribution in [1.82, 2.24) is 9.55 Å². The minimum atomic E-state index is -1.02. The normalized spacial score (nSPS) is 27.6. The van der Waals surface area contributed by atoms with Crippen molar-refractivity contribution in [3.63, 3.8) is 0 Å². The fraction of sp³-hybridized carbons (Fsp3) is 0.692. The molecule has 1 saturated carbocycles. The maximum atomic E-state index is 11.3. The van der Waals surface area contributed by atoms with Gasteiger partial charge in [0.1, 0.15) is 11.4 Å². The zero-order chi connectivity index (χ0) is 13.2. The lowest BCUT2D eigenvalue weighted by Crippen LogP contribution is -2.51. The Hall–Kier alpha value is -1.36. The van der Waals surface area contributed by atoms with Crippen molar-refractivity contribution in [2.75, 3.05) is 0 Å². The highest BCUT2D eigenvalue weighted by atomic mass is 16.4. The van der Waals surface area contributed by atoms with E-state index in [1.807, 2.05) is 6.20 Å². The van der Waals surface area contributed by atoms with E-state index in [1.165, 1.54) is 0 Å². The number of hydrogen-bond acceptors (Lipinski definition) is 3. The van der Waals surface area contributed by atoms with Crippen LogP contribution in [0.5, 0.6) is 0 Å². The largest absolute Gasteiger partial charge is 0.480 e. The zero-order valence-electron chi connectivity index (χ0n) is 10.8. The van der Waals surface area contributed by atoms with E-state index in [9.17, 15) is 9.90 Å². The predicted octanol–water partition coefficient (Wildman–Crippen LogP) is 1.42. The maximum absolute atomic E-state index is 11.3. The van der Waals surface area contributed by atoms with Crippen molar-refractivity contribution >= 4 is 5.97 Å². The number of nitrogens with zero attached hydrogens (tertiary/aromatic N) is 2. The molecule has 0 saturated heterocycles. The first kappa shape index (κ1) is 13.1. The lowest BCUT2D eigenvalue weighted by Gasteiger charge is -2.27. The molecular weight excluding hydrogens is 230 g/mol. The molecule has 2 atom stereocenters. The van der Waals surface area contributed by atoms with Crippen LogP contribution >= 0.6 is 0 Å². The molecule has 1 aromatic rings. The molecule has 0 bridgehead atoms. The summed E-state index contributed by atoms with van der Waals surface area (Å²) in [6.45, 7) is 2.87. The number of aryl methyl sites for hydroxylation is 2. The van der Waals surface area contributed by atoms with Gasteiger partial charge < -0.3 is 15.4 Å². The Bertz CT molecular complexity index is 430. The van der Waals surface area contributed by atoms with Crippen molar-refractivity contribution < 1.29 is 9.90 Å². The van der Waals surface area contributed by atoms with E-state index in [-0.39, 0.29) is 5.92 Å². The molecule has 1 aromatic heterocycles. The predicted molar refractivity (Wildman–Crippen MR) is 68.1 cm³/mol. The summed E-state index contributed by atoms with van der Waals surface area (Å²) in [5, 5.41) is 9.26. The Balaban J connectivity index is 2.00. The summed E-state index contributed by atoms with van der Waals surface area (Å²) in [5.41, 5.74) is 5.01. The van der Waals surface area contributed by atoms with Gasteiger partial charge in [0.2, 0.25) is 0 Å². The average Bonchev–Trinajstić information content (AvgIpc) is 2.93. The van der Waals surface area contributed by atoms with Gasteiger partial charge in [0.05, 0.1) is 0 Å². The van der Waals surface area contributed by atoms with Gasteiger partial charge in [-0.2, -0.15) is 0 Å². The second-order valence-corrected chi connectivity index (χ2v) is 5.11. The number of imidazole rings is 1. The van der Waals surface area contributed by atoms with Crippen molar-refractivity contribution in [2.45, 2.75) is 51.1 Å². The van der Waals surface area contributed by atoms with Crippen molar-refractivity contribution in [3.05, 3.63) is 18.2 Å². The van der Waals surface area contributed by atoms with Gasteiger partial charge in [-0.1, -0.05) is 13.3 Å². The van der Waals surface area contributed by atoms with Gasteiger partial charge in [-0.15, -0.1) is 0 Å². The molecule has 1 fully saturated rings. The van der Waals surface area contributed by atoms with Crippen molar-refractivity contribution in [2.24, 2.45) is 11.7 Å². The van der Waals surface area contributed by atoms with Crippen LogP contribution in [0.25, 0.3) is 0 Å². The third kappa shape index (κ3) is 2.27. The summed E-state index contributed by atoms with van der Waals surface area (Å²) in [6.07, 6.45) is 7.87. The number of carbonyl (C=O) groups is 1. The number of aromatic nitrogens is 2. The zero-order valence-corrected chi connectivity index (χ0v) is 10.8. The minimum absolute atomic E-state index is 0.0714. The Labute approximate surface area is 107 Å². The monoisotopic (exact) mass is 251 g/mol. The summed E-state index contributed by atoms with van der Waals surface area (Å²) in [6, 6.07) is 0. The number of hydrogen-bond donors (Lipinski definition) is 2. The molecule has 2 rings (SSSR count). The van der Waals surface area contributed by atoms with E-state index in [2.05, 4.69) is 16.5 Å². The summed E-state index contributed by atoms with van der Waals surface area (Å²) >= 11 is 0. The average molecular weight is 251 g/mol. The van der Waals surface area contributed by atoms with Crippen molar-refractivity contribution in [1.29, 1.82) is 0 Å². The van der Waals surface area contributed by atoms with E-state index in [0.717, 1.165) is 38.1 Å². The number of carboxylic acids is 1. The maximum Gasteiger partial charge on any atom is 0.323 e. The minimum Gasteiger partial charge on any atom is -0.480 e. The lowest BCUT2D eigenvalue weighted by molar-refractivity contribution is -0.144. The molecule has 2 unspecified atom stereocenters. The summed E-state index contributed by atoms with van der Waals surface area (Å²) in [5.74, 6) is 0.263. The van der Waals surface area contributed by atoms with E-state index in [1.54, 1.807) is 6.20 Å². The molecule has 0 spiro atoms. The van der Waals surface area contributed by atoms with Crippen LogP contribution in [0.2, 0.25) is 0 Å². The first-order valence-corrected chi connectivity index (χ1v) is 6.60. The van der Waals surface area contributed by atoms with Gasteiger partial charge >= 0.3 is 5.97 Å². The molecule has 100 valence electrons. The Kier molecular flexibility index (Phi) is 3.71. The third-order valence-corrected chi connectivity index (χ3v) is 4.11. The van der Waals surface area contributed by atoms with Crippen LogP contribution in [0, 0.1) is 5.92 Å². The summed E-state index contributed by atoms with van der Waals surface area (Å²) in [4.78, 5) is 15.5. The topological polar surface area (TPSA) is 81.1 Å². The van der Waals surface area contributed by atoms with Crippen molar-refractivity contribution in [3.8, 4) is 0 Å². The Morgan fingerprint density at radius 3 is 3.17 bits per heavy atom. The standard InChI is InChI=1S/C13H21N3O2/c1-2-11-15-7-9-16(11)8-5-10-4-3-6-13(10,14)12(17)18/h7,9-10H,2-6,8,14H2,1H3,(H,17,18). The van der Waals surface area contributed by atoms with Crippen LogP contribution < -0.4 is 5.73 Å². The first-order chi connectivity index (χ1) is 8.58. The molecule has 0 radical (unpaired) electrons. The van der Waals surface area contributed by atoms with Gasteiger partial charge in [-0.05, 0) is 25.2 Å². The molecule has 1 heterocycles. The number of nitrogens with two attached hydrogens (primary N) is 1. The number of aliphatic carboxylic acids is 1. The lowest BCUT2D eigenvalue weighted by atomic mass is 9.85. The van der Waals surface area contributed by atoms with Gasteiger partial charge in [0.15, 0.2) is 0 Å². The third-order valence-electron chi connectivity index (χ3n) is 4.11. The molecule has 0 aliphatic heterocycles. The number of carboxylic acid groups (broad SMARTS) is 1. The molecule has 18 heavy (non-hydrogen) atoms. The SMILES string of the molecule is CCc1nccn1CCC1CCCC1(N)C(=O)O. The van der Waals surface area contributed by atoms with Crippen LogP contribution in [0.1, 0.15) is 38.4 Å². The fourth-order valence-corrected chi connectivity index (χ4v) is 2.94. The van der Waals surface area contributed by atoms with E-state index >= 15 is 0 Å². The molecule has 0 amide bonds. The quantitative estimate of drug-likeness (QED) is 0.829. The molecular formula is C13H21N3O2. The second-order valence-electron chi connectivity index (χ2n) is 5.11. The van der Waals surface area contributed by atoms with E-state index in [0.29, 0.717) is 6.42 Å². The molecule has 5 nitrogen and oxygen atoms in total. The smallest absolute Gasteiger partial charge is 0.323 e. The fourth-order valence-electron chi connectivity index (χ4n) is 2.94. The molecule has 1 aliphatic rings. The van der Waals surface area contributed by atoms with Crippen LogP contribution in [0.3, 0.4) is 0 Å². The van der Waals surface area contributed by atoms with Crippen LogP contribution in [0.4, 0.5) is 0 Å². The second kappa shape index (κ2) is 5.10. The number of rotatable bonds is 5. The molecule has 0 aromatic carbocycles. The molecule has 3 N–H and O–H groups in total.